The van der Waals surface area contributed by atoms with E-state index in [1.165, 1.54) is 12.1 Å². The van der Waals surface area contributed by atoms with Crippen molar-refractivity contribution < 1.29 is 14.2 Å². The number of aromatic nitrogens is 2. The van der Waals surface area contributed by atoms with Gasteiger partial charge in [0.1, 0.15) is 18.2 Å². The Bertz CT molecular complexity index is 608. The smallest absolute Gasteiger partial charge is 0.130 e. The fraction of sp³-hybridized carbons (Fsp3) is 0.438. The van der Waals surface area contributed by atoms with Gasteiger partial charge in [-0.2, -0.15) is 5.10 Å². The second-order valence-electron chi connectivity index (χ2n) is 4.94. The van der Waals surface area contributed by atoms with Crippen LogP contribution in [0.4, 0.5) is 4.39 Å². The molecule has 0 saturated heterocycles. The molecule has 1 atom stereocenters. The highest BCUT2D eigenvalue weighted by Crippen LogP contribution is 2.26. The quantitative estimate of drug-likeness (QED) is 0.889. The molecule has 0 fully saturated rings. The van der Waals surface area contributed by atoms with Crippen molar-refractivity contribution in [3.05, 3.63) is 47.0 Å². The fourth-order valence-electron chi connectivity index (χ4n) is 2.21. The van der Waals surface area contributed by atoms with Crippen molar-refractivity contribution in [1.82, 2.24) is 9.78 Å². The molecule has 1 N–H and O–H groups in total. The molecule has 1 heterocycles. The second kappa shape index (κ2) is 6.72. The maximum absolute atomic E-state index is 13.4. The number of hydrogen-bond acceptors (Lipinski definition) is 3. The average molecular weight is 292 g/mol. The van der Waals surface area contributed by atoms with E-state index in [2.05, 4.69) is 5.10 Å². The van der Waals surface area contributed by atoms with Gasteiger partial charge < -0.3 is 9.84 Å². The van der Waals surface area contributed by atoms with Crippen LogP contribution in [0.3, 0.4) is 0 Å². The van der Waals surface area contributed by atoms with Crippen molar-refractivity contribution in [3.63, 3.8) is 0 Å². The van der Waals surface area contributed by atoms with Gasteiger partial charge in [0.25, 0.3) is 0 Å². The lowest BCUT2D eigenvalue weighted by Crippen LogP contribution is -2.07. The molecule has 0 amide bonds. The lowest BCUT2D eigenvalue weighted by Gasteiger charge is -2.14. The van der Waals surface area contributed by atoms with Gasteiger partial charge in [-0.1, -0.05) is 6.92 Å². The molecular formula is C16H21FN2O2. The third-order valence-corrected chi connectivity index (χ3v) is 3.38. The predicted molar refractivity (Wildman–Crippen MR) is 78.6 cm³/mol. The zero-order valence-corrected chi connectivity index (χ0v) is 12.6. The Balaban J connectivity index is 2.19. The van der Waals surface area contributed by atoms with Gasteiger partial charge in [-0.05, 0) is 38.5 Å². The van der Waals surface area contributed by atoms with Crippen LogP contribution >= 0.6 is 0 Å². The van der Waals surface area contributed by atoms with E-state index in [1.54, 1.807) is 13.0 Å². The van der Waals surface area contributed by atoms with Crippen LogP contribution in [0.15, 0.2) is 24.3 Å². The Morgan fingerprint density at radius 3 is 2.71 bits per heavy atom. The number of hydrogen-bond donors (Lipinski definition) is 1. The molecule has 1 aromatic heterocycles. The summed E-state index contributed by atoms with van der Waals surface area (Å²) in [4.78, 5) is 0. The highest BCUT2D eigenvalue weighted by Gasteiger charge is 2.12. The summed E-state index contributed by atoms with van der Waals surface area (Å²) in [5.41, 5.74) is 2.52. The standard InChI is InChI=1S/C16H21FN2O2/c1-4-13-9-14(19(5-2)18-13)10-21-16-8-12(17)6-7-15(16)11(3)20/h6-9,11,20H,4-5,10H2,1-3H3/t11-/m1/s1. The van der Waals surface area contributed by atoms with Crippen LogP contribution in [-0.4, -0.2) is 14.9 Å². The number of ether oxygens (including phenoxy) is 1. The molecule has 5 heteroatoms. The van der Waals surface area contributed by atoms with E-state index < -0.39 is 6.10 Å². The summed E-state index contributed by atoms with van der Waals surface area (Å²) in [6.07, 6.45) is 0.154. The summed E-state index contributed by atoms with van der Waals surface area (Å²) < 4.78 is 20.9. The second-order valence-corrected chi connectivity index (χ2v) is 4.94. The number of nitrogens with zero attached hydrogens (tertiary/aromatic N) is 2. The number of benzene rings is 1. The van der Waals surface area contributed by atoms with Crippen LogP contribution in [0, 0.1) is 5.82 Å². The predicted octanol–water partition coefficient (Wildman–Crippen LogP) is 3.24. The number of aliphatic hydroxyl groups excluding tert-OH is 1. The number of aliphatic hydroxyl groups is 1. The Morgan fingerprint density at radius 2 is 2.10 bits per heavy atom. The van der Waals surface area contributed by atoms with E-state index in [9.17, 15) is 9.50 Å². The minimum Gasteiger partial charge on any atom is -0.487 e. The first-order valence-corrected chi connectivity index (χ1v) is 7.21. The zero-order valence-electron chi connectivity index (χ0n) is 12.6. The molecule has 0 bridgehead atoms. The van der Waals surface area contributed by atoms with Crippen molar-refractivity contribution in [3.8, 4) is 5.75 Å². The summed E-state index contributed by atoms with van der Waals surface area (Å²) >= 11 is 0. The van der Waals surface area contributed by atoms with Crippen LogP contribution in [0.25, 0.3) is 0 Å². The Hall–Kier alpha value is -1.88. The Kier molecular flexibility index (Phi) is 4.96. The molecule has 0 saturated carbocycles. The van der Waals surface area contributed by atoms with Gasteiger partial charge in [-0.25, -0.2) is 4.39 Å². The monoisotopic (exact) mass is 292 g/mol. The SMILES string of the molecule is CCc1cc(COc2cc(F)ccc2[C@@H](C)O)n(CC)n1. The molecule has 114 valence electrons. The van der Waals surface area contributed by atoms with E-state index >= 15 is 0 Å². The minimum atomic E-state index is -0.706. The lowest BCUT2D eigenvalue weighted by atomic mass is 10.1. The van der Waals surface area contributed by atoms with Crippen molar-refractivity contribution in [2.45, 2.75) is 46.4 Å². The van der Waals surface area contributed by atoms with Gasteiger partial charge in [0.2, 0.25) is 0 Å². The van der Waals surface area contributed by atoms with Gasteiger partial charge in [0.05, 0.1) is 17.5 Å². The fourth-order valence-corrected chi connectivity index (χ4v) is 2.21. The zero-order chi connectivity index (χ0) is 15.4. The van der Waals surface area contributed by atoms with E-state index in [-0.39, 0.29) is 5.82 Å². The molecule has 0 radical (unpaired) electrons. The van der Waals surface area contributed by atoms with Gasteiger partial charge in [-0.15, -0.1) is 0 Å². The van der Waals surface area contributed by atoms with Crippen molar-refractivity contribution >= 4 is 0 Å². The number of rotatable bonds is 6. The van der Waals surface area contributed by atoms with Crippen LogP contribution in [0.2, 0.25) is 0 Å². The largest absolute Gasteiger partial charge is 0.487 e. The molecule has 0 aliphatic heterocycles. The lowest BCUT2D eigenvalue weighted by molar-refractivity contribution is 0.189. The van der Waals surface area contributed by atoms with Crippen LogP contribution in [-0.2, 0) is 19.6 Å². The third-order valence-electron chi connectivity index (χ3n) is 3.38. The van der Waals surface area contributed by atoms with Gasteiger partial charge in [0.15, 0.2) is 0 Å². The molecule has 4 nitrogen and oxygen atoms in total. The van der Waals surface area contributed by atoms with Gasteiger partial charge in [0, 0.05) is 18.2 Å². The molecule has 21 heavy (non-hydrogen) atoms. The summed E-state index contributed by atoms with van der Waals surface area (Å²) in [7, 11) is 0. The van der Waals surface area contributed by atoms with E-state index in [1.807, 2.05) is 24.6 Å². The highest BCUT2D eigenvalue weighted by molar-refractivity contribution is 5.35. The molecule has 2 aromatic rings. The first kappa shape index (κ1) is 15.5. The average Bonchev–Trinajstić information content (AvgIpc) is 2.87. The molecule has 0 unspecified atom stereocenters. The van der Waals surface area contributed by atoms with Crippen LogP contribution < -0.4 is 4.74 Å². The minimum absolute atomic E-state index is 0.296. The van der Waals surface area contributed by atoms with E-state index in [0.29, 0.717) is 17.9 Å². The first-order chi connectivity index (χ1) is 10.0. The summed E-state index contributed by atoms with van der Waals surface area (Å²) in [5.74, 6) is -0.0143. The third kappa shape index (κ3) is 3.61. The Labute approximate surface area is 124 Å². The highest BCUT2D eigenvalue weighted by atomic mass is 19.1. The molecule has 2 rings (SSSR count). The maximum Gasteiger partial charge on any atom is 0.130 e. The van der Waals surface area contributed by atoms with Crippen LogP contribution in [0.5, 0.6) is 5.75 Å². The Morgan fingerprint density at radius 1 is 1.33 bits per heavy atom. The number of aryl methyl sites for hydroxylation is 2. The summed E-state index contributed by atoms with van der Waals surface area (Å²) in [6, 6.07) is 6.16. The topological polar surface area (TPSA) is 47.3 Å². The summed E-state index contributed by atoms with van der Waals surface area (Å²) in [5, 5.41) is 14.2. The van der Waals surface area contributed by atoms with Gasteiger partial charge in [-0.3, -0.25) is 4.68 Å². The molecule has 1 aromatic carbocycles. The van der Waals surface area contributed by atoms with Crippen molar-refractivity contribution in [2.75, 3.05) is 0 Å². The normalized spacial score (nSPS) is 12.4. The molecular weight excluding hydrogens is 271 g/mol. The molecule has 0 spiro atoms. The van der Waals surface area contributed by atoms with E-state index in [0.717, 1.165) is 24.4 Å². The first-order valence-electron chi connectivity index (χ1n) is 7.21. The summed E-state index contributed by atoms with van der Waals surface area (Å²) in [6.45, 7) is 6.74. The van der Waals surface area contributed by atoms with Crippen molar-refractivity contribution in [1.29, 1.82) is 0 Å². The maximum atomic E-state index is 13.4. The van der Waals surface area contributed by atoms with E-state index in [4.69, 9.17) is 4.74 Å². The number of halogens is 1. The van der Waals surface area contributed by atoms with Crippen molar-refractivity contribution in [2.24, 2.45) is 0 Å². The van der Waals surface area contributed by atoms with Crippen LogP contribution in [0.1, 0.15) is 43.8 Å². The molecule has 0 aliphatic rings. The molecule has 0 aliphatic carbocycles. The van der Waals surface area contributed by atoms with Gasteiger partial charge >= 0.3 is 0 Å².